The van der Waals surface area contributed by atoms with Crippen LogP contribution in [0.15, 0.2) is 30.3 Å². The number of aromatic nitrogens is 1. The normalized spacial score (nSPS) is 10.5. The minimum Gasteiger partial charge on any atom is -0.395 e. The number of amides is 1. The Morgan fingerprint density at radius 3 is 2.59 bits per heavy atom. The molecule has 0 radical (unpaired) electrons. The van der Waals surface area contributed by atoms with Crippen LogP contribution in [0.1, 0.15) is 26.5 Å². The fourth-order valence-electron chi connectivity index (χ4n) is 2.01. The van der Waals surface area contributed by atoms with E-state index in [0.29, 0.717) is 22.0 Å². The Morgan fingerprint density at radius 2 is 2.00 bits per heavy atom. The molecule has 2 aromatic rings. The predicted octanol–water partition coefficient (Wildman–Crippen LogP) is 2.77. The molecule has 0 fully saturated rings. The van der Waals surface area contributed by atoms with E-state index in [4.69, 9.17) is 28.3 Å². The lowest BCUT2D eigenvalue weighted by molar-refractivity contribution is 0.0702. The van der Waals surface area contributed by atoms with E-state index in [1.807, 2.05) is 0 Å². The summed E-state index contributed by atoms with van der Waals surface area (Å²) in [5.41, 5.74) is 1.40. The maximum atomic E-state index is 12.4. The van der Waals surface area contributed by atoms with E-state index in [9.17, 15) is 9.59 Å². The van der Waals surface area contributed by atoms with Crippen molar-refractivity contribution in [3.05, 3.63) is 57.3 Å². The van der Waals surface area contributed by atoms with Gasteiger partial charge in [0.15, 0.2) is 6.29 Å². The minimum atomic E-state index is -0.312. The third kappa shape index (κ3) is 3.88. The number of aliphatic hydroxyl groups is 1. The molecule has 0 saturated carbocycles. The molecule has 0 spiro atoms. The summed E-state index contributed by atoms with van der Waals surface area (Å²) in [7, 11) is 0. The fraction of sp³-hybridized carbons (Fsp3) is 0.200. The SMILES string of the molecule is O=Cc1ccc(C(=O)N(CCO)Cc2ccc(Cl)c(Cl)c2)[nH]1. The van der Waals surface area contributed by atoms with Crippen LogP contribution in [-0.4, -0.2) is 40.3 Å². The molecular formula is C15H14Cl2N2O3. The van der Waals surface area contributed by atoms with Gasteiger partial charge in [-0.15, -0.1) is 0 Å². The summed E-state index contributed by atoms with van der Waals surface area (Å²) in [6, 6.07) is 8.15. The van der Waals surface area contributed by atoms with Crippen LogP contribution in [0, 0.1) is 0 Å². The van der Waals surface area contributed by atoms with E-state index < -0.39 is 0 Å². The lowest BCUT2D eigenvalue weighted by Crippen LogP contribution is -2.33. The number of carbonyl (C=O) groups is 2. The average Bonchev–Trinajstić information content (AvgIpc) is 2.99. The van der Waals surface area contributed by atoms with Crippen LogP contribution in [0.5, 0.6) is 0 Å². The molecule has 2 rings (SSSR count). The Bertz CT molecular complexity index is 685. The van der Waals surface area contributed by atoms with Crippen molar-refractivity contribution in [3.63, 3.8) is 0 Å². The molecular weight excluding hydrogens is 327 g/mol. The van der Waals surface area contributed by atoms with Gasteiger partial charge in [-0.3, -0.25) is 9.59 Å². The van der Waals surface area contributed by atoms with Gasteiger partial charge in [0.2, 0.25) is 0 Å². The summed E-state index contributed by atoms with van der Waals surface area (Å²) in [6.07, 6.45) is 0.631. The molecule has 0 unspecified atom stereocenters. The van der Waals surface area contributed by atoms with Crippen LogP contribution in [0.25, 0.3) is 0 Å². The summed E-state index contributed by atoms with van der Waals surface area (Å²) in [5, 5.41) is 9.99. The quantitative estimate of drug-likeness (QED) is 0.794. The number of hydrogen-bond acceptors (Lipinski definition) is 3. The van der Waals surface area contributed by atoms with Gasteiger partial charge in [0.1, 0.15) is 5.69 Å². The number of carbonyl (C=O) groups excluding carboxylic acids is 2. The first-order valence-electron chi connectivity index (χ1n) is 6.53. The fourth-order valence-corrected chi connectivity index (χ4v) is 2.33. The molecule has 0 atom stereocenters. The van der Waals surface area contributed by atoms with Crippen molar-refractivity contribution in [1.29, 1.82) is 0 Å². The van der Waals surface area contributed by atoms with Crippen LogP contribution >= 0.6 is 23.2 Å². The second-order valence-corrected chi connectivity index (χ2v) is 5.46. The molecule has 0 saturated heterocycles. The topological polar surface area (TPSA) is 73.4 Å². The Balaban J connectivity index is 2.19. The average molecular weight is 341 g/mol. The summed E-state index contributed by atoms with van der Waals surface area (Å²) in [4.78, 5) is 27.3. The van der Waals surface area contributed by atoms with Crippen LogP contribution in [0.3, 0.4) is 0 Å². The summed E-state index contributed by atoms with van der Waals surface area (Å²) >= 11 is 11.8. The molecule has 0 bridgehead atoms. The number of nitrogens with zero attached hydrogens (tertiary/aromatic N) is 1. The predicted molar refractivity (Wildman–Crippen MR) is 84.5 cm³/mol. The van der Waals surface area contributed by atoms with E-state index in [-0.39, 0.29) is 31.3 Å². The molecule has 1 aromatic carbocycles. The van der Waals surface area contributed by atoms with Crippen molar-refractivity contribution in [3.8, 4) is 0 Å². The molecule has 7 heteroatoms. The van der Waals surface area contributed by atoms with Gasteiger partial charge in [0, 0.05) is 13.1 Å². The number of halogens is 2. The first-order chi connectivity index (χ1) is 10.5. The van der Waals surface area contributed by atoms with Gasteiger partial charge < -0.3 is 15.0 Å². The maximum absolute atomic E-state index is 12.4. The zero-order valence-corrected chi connectivity index (χ0v) is 13.1. The summed E-state index contributed by atoms with van der Waals surface area (Å²) < 4.78 is 0. The van der Waals surface area contributed by atoms with Gasteiger partial charge in [0.25, 0.3) is 5.91 Å². The van der Waals surface area contributed by atoms with Gasteiger partial charge in [-0.25, -0.2) is 0 Å². The van der Waals surface area contributed by atoms with Gasteiger partial charge in [-0.1, -0.05) is 29.3 Å². The van der Waals surface area contributed by atoms with E-state index in [1.54, 1.807) is 18.2 Å². The van der Waals surface area contributed by atoms with Crippen molar-refractivity contribution < 1.29 is 14.7 Å². The Labute approximate surface area is 137 Å². The van der Waals surface area contributed by atoms with Gasteiger partial charge >= 0.3 is 0 Å². The molecule has 0 aliphatic carbocycles. The largest absolute Gasteiger partial charge is 0.395 e. The van der Waals surface area contributed by atoms with Crippen LogP contribution in [-0.2, 0) is 6.54 Å². The number of aliphatic hydroxyl groups excluding tert-OH is 1. The molecule has 0 aliphatic rings. The second kappa shape index (κ2) is 7.45. The van der Waals surface area contributed by atoms with Crippen molar-refractivity contribution >= 4 is 35.4 Å². The number of aromatic amines is 1. The maximum Gasteiger partial charge on any atom is 0.270 e. The lowest BCUT2D eigenvalue weighted by atomic mass is 10.2. The summed E-state index contributed by atoms with van der Waals surface area (Å²) in [5.74, 6) is -0.312. The van der Waals surface area contributed by atoms with Crippen molar-refractivity contribution in [2.45, 2.75) is 6.54 Å². The zero-order valence-electron chi connectivity index (χ0n) is 11.6. The van der Waals surface area contributed by atoms with Crippen molar-refractivity contribution in [2.24, 2.45) is 0 Å². The Hall–Kier alpha value is -1.82. The number of rotatable bonds is 6. The molecule has 1 amide bonds. The standard InChI is InChI=1S/C15H14Cl2N2O3/c16-12-3-1-10(7-13(12)17)8-19(5-6-20)15(22)14-4-2-11(9-21)18-14/h1-4,7,9,18,20H,5-6,8H2. The number of aldehydes is 1. The van der Waals surface area contributed by atoms with Gasteiger partial charge in [-0.05, 0) is 29.8 Å². The molecule has 0 aliphatic heterocycles. The van der Waals surface area contributed by atoms with Crippen LogP contribution in [0.2, 0.25) is 10.0 Å². The highest BCUT2D eigenvalue weighted by molar-refractivity contribution is 6.42. The third-order valence-corrected chi connectivity index (χ3v) is 3.82. The highest BCUT2D eigenvalue weighted by Crippen LogP contribution is 2.23. The first kappa shape index (κ1) is 16.5. The first-order valence-corrected chi connectivity index (χ1v) is 7.29. The van der Waals surface area contributed by atoms with E-state index >= 15 is 0 Å². The third-order valence-electron chi connectivity index (χ3n) is 3.08. The second-order valence-electron chi connectivity index (χ2n) is 4.64. The van der Waals surface area contributed by atoms with Crippen LogP contribution in [0.4, 0.5) is 0 Å². The highest BCUT2D eigenvalue weighted by atomic mass is 35.5. The molecule has 1 aromatic heterocycles. The number of H-pyrrole nitrogens is 1. The molecule has 22 heavy (non-hydrogen) atoms. The highest BCUT2D eigenvalue weighted by Gasteiger charge is 2.17. The van der Waals surface area contributed by atoms with E-state index in [0.717, 1.165) is 5.56 Å². The molecule has 2 N–H and O–H groups in total. The van der Waals surface area contributed by atoms with Crippen molar-refractivity contribution in [2.75, 3.05) is 13.2 Å². The monoisotopic (exact) mass is 340 g/mol. The minimum absolute atomic E-state index is 0.161. The van der Waals surface area contributed by atoms with Gasteiger partial charge in [0.05, 0.1) is 22.3 Å². The molecule has 1 heterocycles. The Kier molecular flexibility index (Phi) is 5.60. The molecule has 5 nitrogen and oxygen atoms in total. The van der Waals surface area contributed by atoms with E-state index in [2.05, 4.69) is 4.98 Å². The van der Waals surface area contributed by atoms with E-state index in [1.165, 1.54) is 17.0 Å². The van der Waals surface area contributed by atoms with Crippen molar-refractivity contribution in [1.82, 2.24) is 9.88 Å². The van der Waals surface area contributed by atoms with Crippen LogP contribution < -0.4 is 0 Å². The number of nitrogens with one attached hydrogen (secondary N) is 1. The smallest absolute Gasteiger partial charge is 0.270 e. The number of hydrogen-bond donors (Lipinski definition) is 2. The lowest BCUT2D eigenvalue weighted by Gasteiger charge is -2.21. The molecule has 116 valence electrons. The zero-order chi connectivity index (χ0) is 16.1. The summed E-state index contributed by atoms with van der Waals surface area (Å²) in [6.45, 7) is 0.258. The Morgan fingerprint density at radius 1 is 1.23 bits per heavy atom. The van der Waals surface area contributed by atoms with Gasteiger partial charge in [-0.2, -0.15) is 0 Å². The number of benzene rings is 1.